The van der Waals surface area contributed by atoms with Crippen LogP contribution < -0.4 is 5.32 Å². The molecule has 0 aromatic carbocycles. The summed E-state index contributed by atoms with van der Waals surface area (Å²) in [6, 6.07) is -0.685. The highest BCUT2D eigenvalue weighted by molar-refractivity contribution is 6.08. The minimum absolute atomic E-state index is 0.0955. The summed E-state index contributed by atoms with van der Waals surface area (Å²) in [5.41, 5.74) is 0. The van der Waals surface area contributed by atoms with Gasteiger partial charge < -0.3 is 4.74 Å². The minimum Gasteiger partial charge on any atom is -0.468 e. The summed E-state index contributed by atoms with van der Waals surface area (Å²) in [4.78, 5) is 21.0. The average Bonchev–Trinajstić information content (AvgIpc) is 1.84. The number of carbonyl (C=O) groups is 2. The van der Waals surface area contributed by atoms with Crippen LogP contribution in [0.4, 0.5) is 0 Å². The third-order valence-corrected chi connectivity index (χ3v) is 1.24. The van der Waals surface area contributed by atoms with E-state index in [4.69, 9.17) is 0 Å². The number of carbonyl (C=O) groups excluding carboxylic acids is 2. The van der Waals surface area contributed by atoms with Crippen molar-refractivity contribution in [2.24, 2.45) is 0 Å². The summed E-state index contributed by atoms with van der Waals surface area (Å²) in [5, 5.41) is 2.62. The second kappa shape index (κ2) is 2.14. The molecule has 0 aromatic rings. The zero-order valence-electron chi connectivity index (χ0n) is 5.01. The first-order chi connectivity index (χ1) is 4.25. The normalized spacial score (nSPS) is 25.0. The molecular weight excluding hydrogens is 122 g/mol. The highest BCUT2D eigenvalue weighted by atomic mass is 16.5. The molecule has 1 aliphatic rings. The van der Waals surface area contributed by atoms with Gasteiger partial charge in [-0.05, 0) is 0 Å². The molecule has 0 unspecified atom stereocenters. The molecule has 0 aliphatic carbocycles. The molecular formula is C5H7NO3. The standard InChI is InChI=1S/C5H7NO3/c1-9-5(8)4-3(7)2-6-4/h4,6H,2H2,1H3/t4-/m0/s1. The zero-order chi connectivity index (χ0) is 6.85. The van der Waals surface area contributed by atoms with Gasteiger partial charge in [-0.15, -0.1) is 0 Å². The van der Waals surface area contributed by atoms with Crippen molar-refractivity contribution in [1.29, 1.82) is 0 Å². The molecule has 50 valence electrons. The van der Waals surface area contributed by atoms with Crippen LogP contribution in [0.5, 0.6) is 0 Å². The maximum atomic E-state index is 10.5. The topological polar surface area (TPSA) is 55.4 Å². The van der Waals surface area contributed by atoms with Gasteiger partial charge in [0.25, 0.3) is 0 Å². The van der Waals surface area contributed by atoms with Crippen molar-refractivity contribution < 1.29 is 14.3 Å². The quantitative estimate of drug-likeness (QED) is 0.353. The minimum atomic E-state index is -0.685. The molecule has 1 atom stereocenters. The van der Waals surface area contributed by atoms with Gasteiger partial charge in [0, 0.05) is 0 Å². The maximum absolute atomic E-state index is 10.5. The Kier molecular flexibility index (Phi) is 1.48. The Bertz CT molecular complexity index is 154. The number of methoxy groups -OCH3 is 1. The van der Waals surface area contributed by atoms with Crippen LogP contribution in [0.25, 0.3) is 0 Å². The van der Waals surface area contributed by atoms with E-state index in [-0.39, 0.29) is 5.78 Å². The molecule has 0 aromatic heterocycles. The second-order valence-corrected chi connectivity index (χ2v) is 1.80. The van der Waals surface area contributed by atoms with E-state index in [9.17, 15) is 9.59 Å². The fourth-order valence-corrected chi connectivity index (χ4v) is 0.620. The van der Waals surface area contributed by atoms with Crippen LogP contribution in [0.2, 0.25) is 0 Å². The monoisotopic (exact) mass is 129 g/mol. The summed E-state index contributed by atoms with van der Waals surface area (Å²) in [6.07, 6.45) is 0. The molecule has 1 fully saturated rings. The lowest BCUT2D eigenvalue weighted by Gasteiger charge is -2.22. The number of rotatable bonds is 1. The smallest absolute Gasteiger partial charge is 0.330 e. The van der Waals surface area contributed by atoms with Crippen LogP contribution in [0, 0.1) is 0 Å². The number of hydrogen-bond donors (Lipinski definition) is 1. The first-order valence-electron chi connectivity index (χ1n) is 2.59. The van der Waals surface area contributed by atoms with Crippen LogP contribution in [-0.2, 0) is 14.3 Å². The Morgan fingerprint density at radius 2 is 2.56 bits per heavy atom. The van der Waals surface area contributed by atoms with Crippen LogP contribution in [0.1, 0.15) is 0 Å². The van der Waals surface area contributed by atoms with Gasteiger partial charge in [0.1, 0.15) is 0 Å². The molecule has 0 amide bonds. The van der Waals surface area contributed by atoms with Crippen LogP contribution in [0.3, 0.4) is 0 Å². The molecule has 0 spiro atoms. The van der Waals surface area contributed by atoms with Gasteiger partial charge >= 0.3 is 5.97 Å². The van der Waals surface area contributed by atoms with Crippen molar-refractivity contribution in [2.45, 2.75) is 6.04 Å². The number of hydrogen-bond acceptors (Lipinski definition) is 4. The number of Topliss-reactive ketones (excluding diaryl/α,β-unsaturated/α-hetero) is 1. The first kappa shape index (κ1) is 6.22. The molecule has 0 saturated carbocycles. The molecule has 4 heteroatoms. The van der Waals surface area contributed by atoms with E-state index >= 15 is 0 Å². The number of ether oxygens (including phenoxy) is 1. The van der Waals surface area contributed by atoms with E-state index in [0.717, 1.165) is 0 Å². The summed E-state index contributed by atoms with van der Waals surface area (Å²) in [5.74, 6) is -0.590. The van der Waals surface area contributed by atoms with Crippen molar-refractivity contribution in [3.05, 3.63) is 0 Å². The lowest BCUT2D eigenvalue weighted by Crippen LogP contribution is -2.58. The Hall–Kier alpha value is -0.900. The number of esters is 1. The predicted molar refractivity (Wildman–Crippen MR) is 28.8 cm³/mol. The molecule has 1 heterocycles. The summed E-state index contributed by atoms with van der Waals surface area (Å²) in [7, 11) is 1.26. The maximum Gasteiger partial charge on any atom is 0.330 e. The van der Waals surface area contributed by atoms with Crippen LogP contribution in [0.15, 0.2) is 0 Å². The van der Waals surface area contributed by atoms with E-state index in [0.29, 0.717) is 6.54 Å². The van der Waals surface area contributed by atoms with Crippen LogP contribution >= 0.6 is 0 Å². The van der Waals surface area contributed by atoms with Crippen molar-refractivity contribution in [3.63, 3.8) is 0 Å². The van der Waals surface area contributed by atoms with E-state index in [1.165, 1.54) is 7.11 Å². The van der Waals surface area contributed by atoms with E-state index < -0.39 is 12.0 Å². The van der Waals surface area contributed by atoms with Crippen molar-refractivity contribution in [3.8, 4) is 0 Å². The molecule has 4 nitrogen and oxygen atoms in total. The summed E-state index contributed by atoms with van der Waals surface area (Å²) in [6.45, 7) is 0.291. The fourth-order valence-electron chi connectivity index (χ4n) is 0.620. The Balaban J connectivity index is 2.44. The molecule has 1 rings (SSSR count). The largest absolute Gasteiger partial charge is 0.468 e. The summed E-state index contributed by atoms with van der Waals surface area (Å²) < 4.78 is 4.30. The Morgan fingerprint density at radius 1 is 1.89 bits per heavy atom. The molecule has 1 saturated heterocycles. The van der Waals surface area contributed by atoms with Crippen molar-refractivity contribution in [2.75, 3.05) is 13.7 Å². The average molecular weight is 129 g/mol. The van der Waals surface area contributed by atoms with Gasteiger partial charge in [0.2, 0.25) is 0 Å². The first-order valence-corrected chi connectivity index (χ1v) is 2.59. The third-order valence-electron chi connectivity index (χ3n) is 1.24. The third kappa shape index (κ3) is 0.929. The van der Waals surface area contributed by atoms with Gasteiger partial charge in [0.05, 0.1) is 13.7 Å². The van der Waals surface area contributed by atoms with Gasteiger partial charge in [-0.2, -0.15) is 0 Å². The van der Waals surface area contributed by atoms with E-state index in [1.54, 1.807) is 0 Å². The molecule has 1 N–H and O–H groups in total. The van der Waals surface area contributed by atoms with E-state index in [2.05, 4.69) is 10.1 Å². The molecule has 9 heavy (non-hydrogen) atoms. The molecule has 0 bridgehead atoms. The van der Waals surface area contributed by atoms with Gasteiger partial charge in [-0.1, -0.05) is 0 Å². The number of ketones is 1. The number of nitrogens with one attached hydrogen (secondary N) is 1. The summed E-state index contributed by atoms with van der Waals surface area (Å²) >= 11 is 0. The Morgan fingerprint density at radius 3 is 2.67 bits per heavy atom. The van der Waals surface area contributed by atoms with E-state index in [1.807, 2.05) is 0 Å². The van der Waals surface area contributed by atoms with Crippen molar-refractivity contribution >= 4 is 11.8 Å². The lowest BCUT2D eigenvalue weighted by molar-refractivity contribution is -0.149. The van der Waals surface area contributed by atoms with Crippen molar-refractivity contribution in [1.82, 2.24) is 5.32 Å². The lowest BCUT2D eigenvalue weighted by atomic mass is 10.1. The highest BCUT2D eigenvalue weighted by Gasteiger charge is 2.34. The predicted octanol–water partition coefficient (Wildman–Crippen LogP) is -1.30. The van der Waals surface area contributed by atoms with Gasteiger partial charge in [-0.3, -0.25) is 10.1 Å². The van der Waals surface area contributed by atoms with Gasteiger partial charge in [0.15, 0.2) is 11.8 Å². The highest BCUT2D eigenvalue weighted by Crippen LogP contribution is 1.97. The molecule has 1 aliphatic heterocycles. The van der Waals surface area contributed by atoms with Crippen LogP contribution in [-0.4, -0.2) is 31.4 Å². The second-order valence-electron chi connectivity index (χ2n) is 1.80. The molecule has 0 radical (unpaired) electrons. The zero-order valence-corrected chi connectivity index (χ0v) is 5.01. The SMILES string of the molecule is COC(=O)[C@H]1NCC1=O. The van der Waals surface area contributed by atoms with Gasteiger partial charge in [-0.25, -0.2) is 4.79 Å². The Labute approximate surface area is 52.2 Å². The fraction of sp³-hybridized carbons (Fsp3) is 0.600.